The normalized spacial score (nSPS) is 13.5. The maximum absolute atomic E-state index is 12.8. The lowest BCUT2D eigenvalue weighted by Gasteiger charge is -2.24. The summed E-state index contributed by atoms with van der Waals surface area (Å²) in [7, 11) is -2.21. The van der Waals surface area contributed by atoms with E-state index in [-0.39, 0.29) is 27.8 Å². The highest BCUT2D eigenvalue weighted by molar-refractivity contribution is 7.88. The zero-order valence-electron chi connectivity index (χ0n) is 17.2. The molecule has 0 spiro atoms. The van der Waals surface area contributed by atoms with Crippen molar-refractivity contribution in [3.63, 3.8) is 0 Å². The molecule has 1 unspecified atom stereocenters. The third-order valence-electron chi connectivity index (χ3n) is 4.82. The highest BCUT2D eigenvalue weighted by atomic mass is 35.5. The van der Waals surface area contributed by atoms with E-state index in [1.165, 1.54) is 12.1 Å². The second-order valence-corrected chi connectivity index (χ2v) is 9.07. The Morgan fingerprint density at radius 3 is 2.50 bits per heavy atom. The Morgan fingerprint density at radius 1 is 1.25 bits per heavy atom. The fraction of sp³-hybridized carbons (Fsp3) is 0.300. The number of aldehydes is 1. The topological polar surface area (TPSA) is 81.5 Å². The van der Waals surface area contributed by atoms with Crippen molar-refractivity contribution >= 4 is 39.0 Å². The van der Waals surface area contributed by atoms with Gasteiger partial charge in [0.05, 0.1) is 27.8 Å². The number of hydrogen-bond acceptors (Lipinski definition) is 6. The van der Waals surface area contributed by atoms with Crippen LogP contribution in [0.3, 0.4) is 0 Å². The number of carbonyl (C=O) groups excluding carboxylic acids is 1. The summed E-state index contributed by atoms with van der Waals surface area (Å²) in [6.07, 6.45) is 1.21. The maximum atomic E-state index is 12.8. The van der Waals surface area contributed by atoms with Crippen molar-refractivity contribution in [1.29, 1.82) is 0 Å². The van der Waals surface area contributed by atoms with Crippen molar-refractivity contribution in [1.82, 2.24) is 14.5 Å². The summed E-state index contributed by atoms with van der Waals surface area (Å²) >= 11 is 6.41. The van der Waals surface area contributed by atoms with Gasteiger partial charge in [0.1, 0.15) is 11.6 Å². The summed E-state index contributed by atoms with van der Waals surface area (Å²) in [4.78, 5) is 18.2. The molecule has 3 rings (SSSR count). The molecule has 3 aromatic rings. The summed E-state index contributed by atoms with van der Waals surface area (Å²) in [5.41, 5.74) is -4.50. The molecule has 7 nitrogen and oxygen atoms in total. The van der Waals surface area contributed by atoms with Gasteiger partial charge in [-0.15, -0.1) is 0 Å². The molecule has 1 heterocycles. The van der Waals surface area contributed by atoms with Gasteiger partial charge in [0.2, 0.25) is 0 Å². The molecule has 0 N–H and O–H groups in total. The first-order chi connectivity index (χ1) is 14.9. The number of carbonyl (C=O) groups is 1. The van der Waals surface area contributed by atoms with Crippen LogP contribution in [0, 0.1) is 0 Å². The number of alkyl halides is 3. The molecular formula is C20H19ClF3N3O4S. The largest absolute Gasteiger partial charge is 0.534 e. The van der Waals surface area contributed by atoms with E-state index in [0.717, 1.165) is 12.1 Å². The van der Waals surface area contributed by atoms with E-state index in [2.05, 4.69) is 9.17 Å². The maximum Gasteiger partial charge on any atom is 0.534 e. The lowest BCUT2D eigenvalue weighted by Crippen LogP contribution is -2.28. The van der Waals surface area contributed by atoms with Gasteiger partial charge in [0, 0.05) is 11.6 Å². The summed E-state index contributed by atoms with van der Waals surface area (Å²) < 4.78 is 67.1. The molecule has 1 aromatic heterocycles. The first-order valence-corrected chi connectivity index (χ1v) is 11.1. The van der Waals surface area contributed by atoms with Crippen molar-refractivity contribution < 1.29 is 30.6 Å². The van der Waals surface area contributed by atoms with Crippen LogP contribution in [0.4, 0.5) is 13.2 Å². The molecule has 0 aliphatic rings. The Hall–Kier alpha value is -2.63. The van der Waals surface area contributed by atoms with Gasteiger partial charge in [-0.3, -0.25) is 14.3 Å². The van der Waals surface area contributed by atoms with Gasteiger partial charge >= 0.3 is 15.6 Å². The first kappa shape index (κ1) is 24.0. The van der Waals surface area contributed by atoms with Crippen molar-refractivity contribution in [2.24, 2.45) is 0 Å². The molecule has 1 atom stereocenters. The monoisotopic (exact) mass is 489 g/mol. The number of halogens is 4. The molecule has 172 valence electrons. The van der Waals surface area contributed by atoms with Crippen molar-refractivity contribution in [2.45, 2.75) is 24.9 Å². The van der Waals surface area contributed by atoms with Crippen LogP contribution in [0.2, 0.25) is 5.02 Å². The number of para-hydroxylation sites is 1. The predicted octanol–water partition coefficient (Wildman–Crippen LogP) is 4.73. The third kappa shape index (κ3) is 4.32. The number of rotatable bonds is 7. The number of aromatic nitrogens is 2. The second kappa shape index (κ2) is 8.72. The van der Waals surface area contributed by atoms with Crippen LogP contribution in [0.5, 0.6) is 5.75 Å². The minimum Gasteiger partial charge on any atom is -0.376 e. The van der Waals surface area contributed by atoms with E-state index in [0.29, 0.717) is 24.0 Å². The molecule has 12 heteroatoms. The minimum atomic E-state index is -5.87. The van der Waals surface area contributed by atoms with Crippen LogP contribution in [-0.4, -0.2) is 48.8 Å². The van der Waals surface area contributed by atoms with Gasteiger partial charge in [-0.1, -0.05) is 24.6 Å². The highest BCUT2D eigenvalue weighted by Crippen LogP contribution is 2.36. The Balaban J connectivity index is 2.35. The summed E-state index contributed by atoms with van der Waals surface area (Å²) in [6, 6.07) is 7.98. The van der Waals surface area contributed by atoms with E-state index in [1.807, 2.05) is 25.9 Å². The molecule has 0 saturated heterocycles. The van der Waals surface area contributed by atoms with E-state index in [1.54, 1.807) is 16.7 Å². The van der Waals surface area contributed by atoms with Gasteiger partial charge in [0.15, 0.2) is 6.29 Å². The summed E-state index contributed by atoms with van der Waals surface area (Å²) in [6.45, 7) is 1.92. The zero-order chi connectivity index (χ0) is 23.8. The van der Waals surface area contributed by atoms with Gasteiger partial charge in [-0.25, -0.2) is 4.98 Å². The molecule has 0 radical (unpaired) electrons. The number of benzene rings is 2. The van der Waals surface area contributed by atoms with Crippen molar-refractivity contribution in [3.05, 3.63) is 52.8 Å². The SMILES string of the molecule is CCC(c1nc2ccc(OS(=O)(=O)C(F)(F)F)cc2n1-c1c(Cl)cccc1C=O)N(C)C. The Bertz CT molecular complexity index is 1270. The van der Waals surface area contributed by atoms with Crippen LogP contribution < -0.4 is 4.18 Å². The quantitative estimate of drug-likeness (QED) is 0.271. The number of hydrogen-bond donors (Lipinski definition) is 0. The standard InChI is InChI=1S/C20H19ClF3N3O4S/c1-4-16(26(2)3)19-25-15-9-8-13(31-32(29,30)20(22,23)24)10-17(15)27(19)18-12(11-28)6-5-7-14(18)21/h5-11,16H,4H2,1-3H3. The van der Waals surface area contributed by atoms with Crippen molar-refractivity contribution in [2.75, 3.05) is 14.1 Å². The Labute approximate surface area is 187 Å². The predicted molar refractivity (Wildman–Crippen MR) is 114 cm³/mol. The Kier molecular flexibility index (Phi) is 6.55. The Morgan fingerprint density at radius 2 is 1.94 bits per heavy atom. The molecule has 0 bridgehead atoms. The molecule has 0 aliphatic carbocycles. The van der Waals surface area contributed by atoms with Gasteiger partial charge in [-0.2, -0.15) is 21.6 Å². The average molecular weight is 490 g/mol. The molecular weight excluding hydrogens is 471 g/mol. The van der Waals surface area contributed by atoms with Crippen LogP contribution >= 0.6 is 11.6 Å². The van der Waals surface area contributed by atoms with Crippen LogP contribution in [0.25, 0.3) is 16.7 Å². The zero-order valence-corrected chi connectivity index (χ0v) is 18.8. The van der Waals surface area contributed by atoms with Gasteiger partial charge < -0.3 is 4.18 Å². The fourth-order valence-corrected chi connectivity index (χ4v) is 4.12. The van der Waals surface area contributed by atoms with Crippen LogP contribution in [0.1, 0.15) is 35.6 Å². The lowest BCUT2D eigenvalue weighted by atomic mass is 10.1. The molecule has 32 heavy (non-hydrogen) atoms. The van der Waals surface area contributed by atoms with E-state index in [4.69, 9.17) is 11.6 Å². The first-order valence-electron chi connectivity index (χ1n) is 9.35. The van der Waals surface area contributed by atoms with E-state index in [9.17, 15) is 26.4 Å². The molecule has 0 amide bonds. The van der Waals surface area contributed by atoms with Crippen LogP contribution in [-0.2, 0) is 10.1 Å². The number of nitrogens with zero attached hydrogens (tertiary/aromatic N) is 3. The summed E-state index contributed by atoms with van der Waals surface area (Å²) in [5.74, 6) is -0.0836. The van der Waals surface area contributed by atoms with Crippen LogP contribution in [0.15, 0.2) is 36.4 Å². The second-order valence-electron chi connectivity index (χ2n) is 7.12. The fourth-order valence-electron chi connectivity index (χ4n) is 3.40. The van der Waals surface area contributed by atoms with E-state index < -0.39 is 21.4 Å². The molecule has 2 aromatic carbocycles. The lowest BCUT2D eigenvalue weighted by molar-refractivity contribution is -0.0500. The number of imidazole rings is 1. The third-order valence-corrected chi connectivity index (χ3v) is 6.10. The minimum absolute atomic E-state index is 0.206. The van der Waals surface area contributed by atoms with Gasteiger partial charge in [0.25, 0.3) is 0 Å². The average Bonchev–Trinajstić information content (AvgIpc) is 3.04. The molecule has 0 fully saturated rings. The highest BCUT2D eigenvalue weighted by Gasteiger charge is 2.48. The smallest absolute Gasteiger partial charge is 0.376 e. The molecule has 0 saturated carbocycles. The van der Waals surface area contributed by atoms with Crippen molar-refractivity contribution in [3.8, 4) is 11.4 Å². The number of fused-ring (bicyclic) bond motifs is 1. The summed E-state index contributed by atoms with van der Waals surface area (Å²) in [5, 5.41) is 0.206. The molecule has 0 aliphatic heterocycles. The van der Waals surface area contributed by atoms with Gasteiger partial charge in [-0.05, 0) is 44.8 Å². The van der Waals surface area contributed by atoms with E-state index >= 15 is 0 Å².